The molecule has 0 aromatic rings. The first-order valence-corrected chi connectivity index (χ1v) is 4.42. The molecule has 1 aliphatic heterocycles. The zero-order valence-electron chi connectivity index (χ0n) is 7.80. The van der Waals surface area contributed by atoms with Crippen LogP contribution >= 0.6 is 0 Å². The van der Waals surface area contributed by atoms with E-state index in [9.17, 15) is 4.79 Å². The Labute approximate surface area is 77.9 Å². The van der Waals surface area contributed by atoms with Crippen LogP contribution in [0, 0.1) is 16.7 Å². The van der Waals surface area contributed by atoms with E-state index in [2.05, 4.69) is 5.32 Å². The predicted octanol–water partition coefficient (Wildman–Crippen LogP) is 0.443. The zero-order valence-corrected chi connectivity index (χ0v) is 7.80. The fourth-order valence-corrected chi connectivity index (χ4v) is 1.45. The topological polar surface area (TPSA) is 62.1 Å². The van der Waals surface area contributed by atoms with Gasteiger partial charge in [0, 0.05) is 6.61 Å². The third-order valence-corrected chi connectivity index (χ3v) is 2.31. The maximum absolute atomic E-state index is 11.5. The summed E-state index contributed by atoms with van der Waals surface area (Å²) >= 11 is 0. The number of nitrogens with zero attached hydrogens (tertiary/aromatic N) is 1. The molecule has 1 aliphatic rings. The lowest BCUT2D eigenvalue weighted by Crippen LogP contribution is -2.44. The lowest BCUT2D eigenvalue weighted by molar-refractivity contribution is -0.137. The van der Waals surface area contributed by atoms with Gasteiger partial charge in [-0.1, -0.05) is 0 Å². The summed E-state index contributed by atoms with van der Waals surface area (Å²) in [6.07, 6.45) is 1.75. The molecule has 1 amide bonds. The van der Waals surface area contributed by atoms with Crippen molar-refractivity contribution in [1.29, 1.82) is 5.26 Å². The molecule has 0 bridgehead atoms. The van der Waals surface area contributed by atoms with Gasteiger partial charge in [0.2, 0.25) is 5.91 Å². The largest absolute Gasteiger partial charge is 0.380 e. The van der Waals surface area contributed by atoms with E-state index in [0.29, 0.717) is 6.61 Å². The minimum atomic E-state index is -0.435. The number of carbonyl (C=O) groups is 1. The molecule has 1 rings (SSSR count). The van der Waals surface area contributed by atoms with Crippen molar-refractivity contribution in [2.24, 2.45) is 5.41 Å². The Balaban J connectivity index is 2.47. The fraction of sp³-hybridized carbons (Fsp3) is 0.778. The highest BCUT2D eigenvalue weighted by Crippen LogP contribution is 2.27. The Bertz CT molecular complexity index is 226. The average molecular weight is 182 g/mol. The van der Waals surface area contributed by atoms with Gasteiger partial charge in [0.15, 0.2) is 0 Å². The number of hydrogen-bond donors (Lipinski definition) is 1. The minimum absolute atomic E-state index is 0.0752. The molecule has 1 heterocycles. The first kappa shape index (κ1) is 10.0. The molecule has 1 atom stereocenters. The Kier molecular flexibility index (Phi) is 3.26. The summed E-state index contributed by atoms with van der Waals surface area (Å²) in [7, 11) is 0. The van der Waals surface area contributed by atoms with Gasteiger partial charge in [-0.15, -0.1) is 0 Å². The maximum atomic E-state index is 11.5. The van der Waals surface area contributed by atoms with Crippen LogP contribution in [0.15, 0.2) is 0 Å². The van der Waals surface area contributed by atoms with Crippen molar-refractivity contribution >= 4 is 5.91 Å². The van der Waals surface area contributed by atoms with Gasteiger partial charge >= 0.3 is 0 Å². The van der Waals surface area contributed by atoms with Gasteiger partial charge in [0.25, 0.3) is 0 Å². The molecule has 1 saturated heterocycles. The van der Waals surface area contributed by atoms with E-state index in [1.165, 1.54) is 0 Å². The van der Waals surface area contributed by atoms with Crippen molar-refractivity contribution in [3.05, 3.63) is 0 Å². The molecule has 1 fully saturated rings. The van der Waals surface area contributed by atoms with Gasteiger partial charge in [-0.05, 0) is 19.8 Å². The van der Waals surface area contributed by atoms with E-state index in [0.717, 1.165) is 19.4 Å². The summed E-state index contributed by atoms with van der Waals surface area (Å²) in [4.78, 5) is 11.5. The molecule has 0 radical (unpaired) electrons. The van der Waals surface area contributed by atoms with Gasteiger partial charge in [-0.3, -0.25) is 4.79 Å². The second-order valence-corrected chi connectivity index (χ2v) is 3.56. The van der Waals surface area contributed by atoms with E-state index in [4.69, 9.17) is 10.00 Å². The van der Waals surface area contributed by atoms with Crippen molar-refractivity contribution in [3.8, 4) is 6.07 Å². The molecule has 0 spiro atoms. The predicted molar refractivity (Wildman–Crippen MR) is 46.8 cm³/mol. The monoisotopic (exact) mass is 182 g/mol. The number of carbonyl (C=O) groups excluding carboxylic acids is 1. The van der Waals surface area contributed by atoms with Crippen LogP contribution in [0.4, 0.5) is 0 Å². The number of ether oxygens (including phenoxy) is 1. The average Bonchev–Trinajstić information content (AvgIpc) is 2.15. The van der Waals surface area contributed by atoms with Crippen LogP contribution in [0.25, 0.3) is 0 Å². The Morgan fingerprint density at radius 3 is 3.08 bits per heavy atom. The summed E-state index contributed by atoms with van der Waals surface area (Å²) in [6.45, 7) is 3.15. The minimum Gasteiger partial charge on any atom is -0.380 e. The van der Waals surface area contributed by atoms with Crippen LogP contribution in [0.2, 0.25) is 0 Å². The van der Waals surface area contributed by atoms with Crippen LogP contribution in [0.1, 0.15) is 19.8 Å². The highest BCUT2D eigenvalue weighted by Gasteiger charge is 2.35. The zero-order chi connectivity index (χ0) is 9.73. The summed E-state index contributed by atoms with van der Waals surface area (Å²) < 4.78 is 5.24. The van der Waals surface area contributed by atoms with E-state index >= 15 is 0 Å². The Morgan fingerprint density at radius 2 is 2.54 bits per heavy atom. The number of nitrogens with one attached hydrogen (secondary N) is 1. The molecule has 0 aromatic heterocycles. The van der Waals surface area contributed by atoms with Crippen LogP contribution in [-0.2, 0) is 9.53 Å². The van der Waals surface area contributed by atoms with Gasteiger partial charge in [-0.25, -0.2) is 0 Å². The lowest BCUT2D eigenvalue weighted by atomic mass is 9.84. The summed E-state index contributed by atoms with van der Waals surface area (Å²) in [5.74, 6) is -0.0752. The van der Waals surface area contributed by atoms with E-state index in [1.54, 1.807) is 0 Å². The number of hydrogen-bond acceptors (Lipinski definition) is 3. The van der Waals surface area contributed by atoms with Crippen molar-refractivity contribution < 1.29 is 9.53 Å². The van der Waals surface area contributed by atoms with Crippen molar-refractivity contribution in [1.82, 2.24) is 5.32 Å². The second-order valence-electron chi connectivity index (χ2n) is 3.56. The number of rotatable bonds is 2. The highest BCUT2D eigenvalue weighted by molar-refractivity contribution is 5.82. The van der Waals surface area contributed by atoms with E-state index < -0.39 is 5.41 Å². The molecule has 1 unspecified atom stereocenters. The van der Waals surface area contributed by atoms with Crippen LogP contribution in [0.5, 0.6) is 0 Å². The molecule has 13 heavy (non-hydrogen) atoms. The number of amides is 1. The van der Waals surface area contributed by atoms with Crippen molar-refractivity contribution in [3.63, 3.8) is 0 Å². The summed E-state index contributed by atoms with van der Waals surface area (Å²) in [6, 6.07) is 1.88. The Hall–Kier alpha value is -1.08. The molecule has 0 aromatic carbocycles. The molecule has 4 heteroatoms. The number of nitriles is 1. The molecule has 0 saturated carbocycles. The smallest absolute Gasteiger partial charge is 0.229 e. The molecule has 1 N–H and O–H groups in total. The summed E-state index contributed by atoms with van der Waals surface area (Å²) in [5, 5.41) is 10.9. The molecule has 4 nitrogen and oxygen atoms in total. The molecular weight excluding hydrogens is 168 g/mol. The Morgan fingerprint density at radius 1 is 1.77 bits per heavy atom. The van der Waals surface area contributed by atoms with Crippen LogP contribution < -0.4 is 5.32 Å². The molecule has 0 aliphatic carbocycles. The molecular formula is C9H14N2O2. The lowest BCUT2D eigenvalue weighted by Gasteiger charge is -2.31. The highest BCUT2D eigenvalue weighted by atomic mass is 16.5. The van der Waals surface area contributed by atoms with Gasteiger partial charge in [0.05, 0.1) is 18.1 Å². The van der Waals surface area contributed by atoms with Crippen LogP contribution in [-0.4, -0.2) is 25.7 Å². The van der Waals surface area contributed by atoms with E-state index in [-0.39, 0.29) is 12.5 Å². The van der Waals surface area contributed by atoms with Gasteiger partial charge < -0.3 is 10.1 Å². The first-order chi connectivity index (χ1) is 6.19. The normalized spacial score (nSPS) is 27.7. The standard InChI is InChI=1S/C9H14N2O2/c1-9(3-2-6-13-7-9)8(12)11-5-4-10/h2-3,5-7H2,1H3,(H,11,12). The SMILES string of the molecule is CC1(C(=O)NCC#N)CCCOC1. The van der Waals surface area contributed by atoms with Crippen molar-refractivity contribution in [2.45, 2.75) is 19.8 Å². The first-order valence-electron chi connectivity index (χ1n) is 4.42. The summed E-state index contributed by atoms with van der Waals surface area (Å²) in [5.41, 5.74) is -0.435. The molecule has 72 valence electrons. The third-order valence-electron chi connectivity index (χ3n) is 2.31. The van der Waals surface area contributed by atoms with Crippen molar-refractivity contribution in [2.75, 3.05) is 19.8 Å². The van der Waals surface area contributed by atoms with Gasteiger partial charge in [-0.2, -0.15) is 5.26 Å². The maximum Gasteiger partial charge on any atom is 0.229 e. The van der Waals surface area contributed by atoms with E-state index in [1.807, 2.05) is 13.0 Å². The third kappa shape index (κ3) is 2.43. The second kappa shape index (κ2) is 4.24. The van der Waals surface area contributed by atoms with Crippen LogP contribution in [0.3, 0.4) is 0 Å². The quantitative estimate of drug-likeness (QED) is 0.630. The fourth-order valence-electron chi connectivity index (χ4n) is 1.45. The van der Waals surface area contributed by atoms with Gasteiger partial charge in [0.1, 0.15) is 6.54 Å².